The van der Waals surface area contributed by atoms with E-state index in [-0.39, 0.29) is 18.1 Å². The summed E-state index contributed by atoms with van der Waals surface area (Å²) in [6.07, 6.45) is 1.50. The van der Waals surface area contributed by atoms with E-state index in [1.807, 2.05) is 51.1 Å². The SMILES string of the molecule is Cc1ccc(NC(=O)/C(C#N)=C/c2ccc(OCC(=O)Nc3ccc(C)c(Cl)c3)cc2)c(C)c1. The van der Waals surface area contributed by atoms with E-state index in [1.165, 1.54) is 6.08 Å². The van der Waals surface area contributed by atoms with Crippen LogP contribution in [-0.4, -0.2) is 18.4 Å². The Kier molecular flexibility index (Phi) is 8.07. The number of hydrogen-bond acceptors (Lipinski definition) is 4. The summed E-state index contributed by atoms with van der Waals surface area (Å²) in [4.78, 5) is 24.7. The van der Waals surface area contributed by atoms with E-state index in [1.54, 1.807) is 36.4 Å². The van der Waals surface area contributed by atoms with Gasteiger partial charge in [-0.3, -0.25) is 9.59 Å². The van der Waals surface area contributed by atoms with Crippen LogP contribution in [0.1, 0.15) is 22.3 Å². The topological polar surface area (TPSA) is 91.2 Å². The first kappa shape index (κ1) is 24.6. The molecule has 0 spiro atoms. The number of nitriles is 1. The number of nitrogens with one attached hydrogen (secondary N) is 2. The Balaban J connectivity index is 1.58. The first-order valence-electron chi connectivity index (χ1n) is 10.5. The summed E-state index contributed by atoms with van der Waals surface area (Å²) in [7, 11) is 0. The second-order valence-corrected chi connectivity index (χ2v) is 8.22. The number of carbonyl (C=O) groups excluding carboxylic acids is 2. The minimum Gasteiger partial charge on any atom is -0.484 e. The zero-order chi connectivity index (χ0) is 24.7. The Labute approximate surface area is 203 Å². The van der Waals surface area contributed by atoms with Crippen molar-refractivity contribution in [2.24, 2.45) is 0 Å². The van der Waals surface area contributed by atoms with Gasteiger partial charge < -0.3 is 15.4 Å². The molecule has 3 aromatic rings. The summed E-state index contributed by atoms with van der Waals surface area (Å²) < 4.78 is 5.52. The van der Waals surface area contributed by atoms with Crippen molar-refractivity contribution >= 4 is 40.9 Å². The molecular formula is C27H24ClN3O3. The lowest BCUT2D eigenvalue weighted by molar-refractivity contribution is -0.118. The number of carbonyl (C=O) groups is 2. The molecule has 0 saturated carbocycles. The number of ether oxygens (including phenoxy) is 1. The Morgan fingerprint density at radius 3 is 2.35 bits per heavy atom. The zero-order valence-electron chi connectivity index (χ0n) is 19.1. The van der Waals surface area contributed by atoms with Crippen molar-refractivity contribution in [3.05, 3.63) is 93.5 Å². The van der Waals surface area contributed by atoms with Crippen molar-refractivity contribution in [1.82, 2.24) is 0 Å². The van der Waals surface area contributed by atoms with Gasteiger partial charge in [0, 0.05) is 16.4 Å². The van der Waals surface area contributed by atoms with Crippen molar-refractivity contribution in [2.45, 2.75) is 20.8 Å². The van der Waals surface area contributed by atoms with Gasteiger partial charge in [0.1, 0.15) is 17.4 Å². The maximum absolute atomic E-state index is 12.5. The molecule has 0 atom stereocenters. The number of halogens is 1. The van der Waals surface area contributed by atoms with Gasteiger partial charge in [0.15, 0.2) is 6.61 Å². The lowest BCUT2D eigenvalue weighted by Crippen LogP contribution is -2.20. The third kappa shape index (κ3) is 6.71. The van der Waals surface area contributed by atoms with Crippen LogP contribution in [0.15, 0.2) is 66.2 Å². The van der Waals surface area contributed by atoms with Crippen LogP contribution >= 0.6 is 11.6 Å². The maximum atomic E-state index is 12.5. The summed E-state index contributed by atoms with van der Waals surface area (Å²) in [6, 6.07) is 19.6. The molecule has 172 valence electrons. The van der Waals surface area contributed by atoms with Gasteiger partial charge in [-0.15, -0.1) is 0 Å². The fourth-order valence-corrected chi connectivity index (χ4v) is 3.32. The largest absolute Gasteiger partial charge is 0.484 e. The highest BCUT2D eigenvalue weighted by Gasteiger charge is 2.11. The van der Waals surface area contributed by atoms with Crippen LogP contribution in [0.25, 0.3) is 6.08 Å². The zero-order valence-corrected chi connectivity index (χ0v) is 19.9. The number of rotatable bonds is 7. The number of amides is 2. The minimum absolute atomic E-state index is 0.0234. The Morgan fingerprint density at radius 1 is 0.971 bits per heavy atom. The molecule has 2 amide bonds. The second kappa shape index (κ2) is 11.2. The van der Waals surface area contributed by atoms with Crippen molar-refractivity contribution < 1.29 is 14.3 Å². The molecule has 0 fully saturated rings. The lowest BCUT2D eigenvalue weighted by atomic mass is 10.1. The standard InChI is InChI=1S/C27H24ClN3O3/c1-17-4-11-25(19(3)12-17)31-27(33)21(15-29)13-20-6-9-23(10-7-20)34-16-26(32)30-22-8-5-18(2)24(28)14-22/h4-14H,16H2,1-3H3,(H,30,32)(H,31,33)/b21-13+. The van der Waals surface area contributed by atoms with Crippen molar-refractivity contribution in [3.63, 3.8) is 0 Å². The normalized spacial score (nSPS) is 10.9. The quantitative estimate of drug-likeness (QED) is 0.333. The predicted molar refractivity (Wildman–Crippen MR) is 135 cm³/mol. The summed E-state index contributed by atoms with van der Waals surface area (Å²) in [5, 5.41) is 15.5. The van der Waals surface area contributed by atoms with Gasteiger partial charge in [0.2, 0.25) is 0 Å². The molecule has 0 unspecified atom stereocenters. The van der Waals surface area contributed by atoms with Crippen LogP contribution in [0.3, 0.4) is 0 Å². The number of aryl methyl sites for hydroxylation is 3. The third-order valence-corrected chi connectivity index (χ3v) is 5.42. The van der Waals surface area contributed by atoms with Gasteiger partial charge in [-0.2, -0.15) is 5.26 Å². The fraction of sp³-hybridized carbons (Fsp3) is 0.148. The van der Waals surface area contributed by atoms with Gasteiger partial charge in [-0.1, -0.05) is 47.5 Å². The highest BCUT2D eigenvalue weighted by Crippen LogP contribution is 2.21. The highest BCUT2D eigenvalue weighted by atomic mass is 35.5. The van der Waals surface area contributed by atoms with Crippen LogP contribution in [-0.2, 0) is 9.59 Å². The number of anilines is 2. The van der Waals surface area contributed by atoms with Gasteiger partial charge in [-0.25, -0.2) is 0 Å². The molecular weight excluding hydrogens is 450 g/mol. The molecule has 2 N–H and O–H groups in total. The molecule has 0 bridgehead atoms. The van der Waals surface area contributed by atoms with Crippen molar-refractivity contribution in [3.8, 4) is 11.8 Å². The summed E-state index contributed by atoms with van der Waals surface area (Å²) in [6.45, 7) is 5.57. The predicted octanol–water partition coefficient (Wildman–Crippen LogP) is 5.83. The van der Waals surface area contributed by atoms with Crippen LogP contribution in [0.2, 0.25) is 5.02 Å². The molecule has 0 aromatic heterocycles. The lowest BCUT2D eigenvalue weighted by Gasteiger charge is -2.09. The monoisotopic (exact) mass is 473 g/mol. The number of benzene rings is 3. The van der Waals surface area contributed by atoms with E-state index < -0.39 is 5.91 Å². The Bertz CT molecular complexity index is 1290. The van der Waals surface area contributed by atoms with E-state index in [0.717, 1.165) is 16.7 Å². The first-order chi connectivity index (χ1) is 16.2. The Hall–Kier alpha value is -4.08. The van der Waals surface area contributed by atoms with E-state index in [4.69, 9.17) is 16.3 Å². The van der Waals surface area contributed by atoms with Crippen LogP contribution in [0, 0.1) is 32.1 Å². The van der Waals surface area contributed by atoms with Gasteiger partial charge >= 0.3 is 0 Å². The molecule has 3 aromatic carbocycles. The summed E-state index contributed by atoms with van der Waals surface area (Å²) >= 11 is 6.07. The number of hydrogen-bond donors (Lipinski definition) is 2. The van der Waals surface area contributed by atoms with Crippen LogP contribution in [0.5, 0.6) is 5.75 Å². The van der Waals surface area contributed by atoms with Crippen LogP contribution < -0.4 is 15.4 Å². The molecule has 34 heavy (non-hydrogen) atoms. The van der Waals surface area contributed by atoms with E-state index >= 15 is 0 Å². The molecule has 0 radical (unpaired) electrons. The minimum atomic E-state index is -0.484. The van der Waals surface area contributed by atoms with Gasteiger partial charge in [-0.05, 0) is 73.9 Å². The fourth-order valence-electron chi connectivity index (χ4n) is 3.14. The molecule has 0 aliphatic heterocycles. The molecule has 0 aliphatic carbocycles. The average molecular weight is 474 g/mol. The molecule has 0 aliphatic rings. The van der Waals surface area contributed by atoms with E-state index in [0.29, 0.717) is 27.7 Å². The smallest absolute Gasteiger partial charge is 0.266 e. The average Bonchev–Trinajstić information content (AvgIpc) is 2.81. The first-order valence-corrected chi connectivity index (χ1v) is 10.9. The van der Waals surface area contributed by atoms with E-state index in [9.17, 15) is 14.9 Å². The maximum Gasteiger partial charge on any atom is 0.266 e. The highest BCUT2D eigenvalue weighted by molar-refractivity contribution is 6.31. The van der Waals surface area contributed by atoms with Crippen molar-refractivity contribution in [1.29, 1.82) is 5.26 Å². The summed E-state index contributed by atoms with van der Waals surface area (Å²) in [5.74, 6) is -0.325. The Morgan fingerprint density at radius 2 is 1.71 bits per heavy atom. The molecule has 0 saturated heterocycles. The molecule has 3 rings (SSSR count). The molecule has 6 nitrogen and oxygen atoms in total. The van der Waals surface area contributed by atoms with Crippen molar-refractivity contribution in [2.75, 3.05) is 17.2 Å². The third-order valence-electron chi connectivity index (χ3n) is 5.01. The van der Waals surface area contributed by atoms with Crippen LogP contribution in [0.4, 0.5) is 11.4 Å². The summed E-state index contributed by atoms with van der Waals surface area (Å²) in [5.41, 5.74) is 4.81. The number of nitrogens with zero attached hydrogens (tertiary/aromatic N) is 1. The van der Waals surface area contributed by atoms with Gasteiger partial charge in [0.05, 0.1) is 0 Å². The molecule has 7 heteroatoms. The van der Waals surface area contributed by atoms with Gasteiger partial charge in [0.25, 0.3) is 11.8 Å². The second-order valence-electron chi connectivity index (χ2n) is 7.81. The van der Waals surface area contributed by atoms with E-state index in [2.05, 4.69) is 10.6 Å². The molecule has 0 heterocycles.